The molecule has 672 valence electrons. The Labute approximate surface area is 695 Å². The Morgan fingerprint density at radius 1 is 0.248 bits per heavy atom. The van der Waals surface area contributed by atoms with E-state index < -0.39 is 250 Å². The highest BCUT2D eigenvalue weighted by Gasteiger charge is 2.51. The van der Waals surface area contributed by atoms with Crippen LogP contribution >= 0.6 is 0 Å². The van der Waals surface area contributed by atoms with Gasteiger partial charge in [0.25, 0.3) is 0 Å². The van der Waals surface area contributed by atoms with Crippen LogP contribution in [0.1, 0.15) is 267 Å². The summed E-state index contributed by atoms with van der Waals surface area (Å²) in [4.78, 5) is 170. The van der Waals surface area contributed by atoms with E-state index >= 15 is 0 Å². The molecule has 0 spiro atoms. The average molecular weight is 1670 g/mol. The molecule has 0 amide bonds. The standard InChI is InChI=1S/C89H148O28/c1-21-86(53(5)6,54(7)8)81(102)110-45-63(90)41-106-73(94)61-32-31-33-62(40-61)74(95)114-49-85(50-115-78(99)70-37-28-25-34-67(70)75(96)107-42-64(91)46-111-82(103)87(22-2,55(9)10)56(11)12,51-116-79(100)71-38-29-26-35-68(71)76(97)108-43-65(92)47-112-83(104)88(23-3,57(13)14)58(15)16)52-117-80(101)72-39-30-27-36-69(72)77(98)109-44-66(93)48-113-84(105)89(24-4,59(17)18)60(19)20/h53-72,90-93H,21-52H2,1-20H3. The van der Waals surface area contributed by atoms with Crippen LogP contribution in [0.4, 0.5) is 0 Å². The third-order valence-corrected chi connectivity index (χ3v) is 26.9. The quantitative estimate of drug-likeness (QED) is 0.0325. The molecular formula is C89H148O28. The third-order valence-electron chi connectivity index (χ3n) is 26.9. The molecule has 28 nitrogen and oxygen atoms in total. The van der Waals surface area contributed by atoms with Crippen molar-refractivity contribution in [3.8, 4) is 0 Å². The molecule has 0 saturated heterocycles. The molecular weight excluding hydrogens is 1520 g/mol. The van der Waals surface area contributed by atoms with Crippen molar-refractivity contribution in [3.05, 3.63) is 0 Å². The number of aliphatic hydroxyl groups excluding tert-OH is 4. The number of carbonyl (C=O) groups is 12. The lowest BCUT2D eigenvalue weighted by Crippen LogP contribution is -2.47. The van der Waals surface area contributed by atoms with Gasteiger partial charge in [-0.15, -0.1) is 0 Å². The second-order valence-electron chi connectivity index (χ2n) is 36.3. The summed E-state index contributed by atoms with van der Waals surface area (Å²) in [5.41, 5.74) is -5.41. The fraction of sp³-hybridized carbons (Fsp3) is 0.865. The first-order chi connectivity index (χ1) is 55.0. The van der Waals surface area contributed by atoms with Gasteiger partial charge in [0.1, 0.15) is 109 Å². The molecule has 4 aliphatic carbocycles. The Kier molecular flexibility index (Phi) is 42.4. The van der Waals surface area contributed by atoms with Gasteiger partial charge >= 0.3 is 71.6 Å². The monoisotopic (exact) mass is 1670 g/mol. The van der Waals surface area contributed by atoms with Crippen LogP contribution in [0, 0.1) is 122 Å². The van der Waals surface area contributed by atoms with Crippen LogP contribution in [0.15, 0.2) is 0 Å². The highest BCUT2D eigenvalue weighted by molar-refractivity contribution is 5.85. The molecule has 4 N–H and O–H groups in total. The van der Waals surface area contributed by atoms with Crippen LogP contribution in [-0.2, 0) is 114 Å². The molecule has 0 heterocycles. The van der Waals surface area contributed by atoms with Gasteiger partial charge < -0.3 is 77.3 Å². The molecule has 0 radical (unpaired) electrons. The molecule has 0 aliphatic heterocycles. The minimum atomic E-state index is -2.06. The maximum Gasteiger partial charge on any atom is 0.312 e. The fourth-order valence-corrected chi connectivity index (χ4v) is 19.3. The number of aliphatic hydroxyl groups is 4. The Balaban J connectivity index is 1.74. The zero-order valence-electron chi connectivity index (χ0n) is 74.3. The van der Waals surface area contributed by atoms with Crippen molar-refractivity contribution in [2.24, 2.45) is 122 Å². The third kappa shape index (κ3) is 27.0. The fourth-order valence-electron chi connectivity index (χ4n) is 19.3. The second-order valence-corrected chi connectivity index (χ2v) is 36.3. The summed E-state index contributed by atoms with van der Waals surface area (Å²) in [5, 5.41) is 44.1. The molecule has 4 rings (SSSR count). The Bertz CT molecular complexity index is 2910. The molecule has 4 aliphatic rings. The topological polar surface area (TPSA) is 397 Å². The number of esters is 12. The van der Waals surface area contributed by atoms with Gasteiger partial charge in [0.05, 0.1) is 69.0 Å². The maximum absolute atomic E-state index is 14.9. The largest absolute Gasteiger partial charge is 0.464 e. The van der Waals surface area contributed by atoms with Crippen LogP contribution in [0.5, 0.6) is 0 Å². The van der Waals surface area contributed by atoms with Gasteiger partial charge in [0.15, 0.2) is 0 Å². The molecule has 0 aromatic heterocycles. The van der Waals surface area contributed by atoms with Crippen molar-refractivity contribution < 1.29 is 135 Å². The summed E-state index contributed by atoms with van der Waals surface area (Å²) in [6.07, 6.45) is 0.537. The molecule has 12 unspecified atom stereocenters. The zero-order chi connectivity index (χ0) is 88.1. The van der Waals surface area contributed by atoms with Crippen LogP contribution in [0.2, 0.25) is 0 Å². The minimum Gasteiger partial charge on any atom is -0.464 e. The Hall–Kier alpha value is -6.52. The van der Waals surface area contributed by atoms with Crippen LogP contribution in [0.25, 0.3) is 0 Å². The summed E-state index contributed by atoms with van der Waals surface area (Å²) < 4.78 is 69.7. The Morgan fingerprint density at radius 2 is 0.419 bits per heavy atom. The van der Waals surface area contributed by atoms with E-state index in [1.165, 1.54) is 0 Å². The van der Waals surface area contributed by atoms with Gasteiger partial charge in [-0.05, 0) is 131 Å². The summed E-state index contributed by atoms with van der Waals surface area (Å²) in [7, 11) is 0. The lowest BCUT2D eigenvalue weighted by atomic mass is 9.67. The summed E-state index contributed by atoms with van der Waals surface area (Å²) >= 11 is 0. The average Bonchev–Trinajstić information content (AvgIpc) is 0.818. The molecule has 117 heavy (non-hydrogen) atoms. The number of rotatable bonds is 48. The molecule has 0 aromatic rings. The van der Waals surface area contributed by atoms with Crippen molar-refractivity contribution in [1.29, 1.82) is 0 Å². The first kappa shape index (κ1) is 103. The van der Waals surface area contributed by atoms with Gasteiger partial charge in [-0.2, -0.15) is 0 Å². The summed E-state index contributed by atoms with van der Waals surface area (Å²) in [6.45, 7) is 30.7. The molecule has 4 saturated carbocycles. The van der Waals surface area contributed by atoms with Crippen molar-refractivity contribution in [1.82, 2.24) is 0 Å². The summed E-state index contributed by atoms with van der Waals surface area (Å²) in [5.74, 6) is -18.6. The van der Waals surface area contributed by atoms with Crippen LogP contribution in [-0.4, -0.2) is 196 Å². The van der Waals surface area contributed by atoms with E-state index in [0.717, 1.165) is 0 Å². The van der Waals surface area contributed by atoms with Crippen LogP contribution in [0.3, 0.4) is 0 Å². The predicted molar refractivity (Wildman–Crippen MR) is 429 cm³/mol. The predicted octanol–water partition coefficient (Wildman–Crippen LogP) is 12.0. The number of ether oxygens (including phenoxy) is 12. The molecule has 0 bridgehead atoms. The van der Waals surface area contributed by atoms with E-state index in [1.807, 2.05) is 138 Å². The van der Waals surface area contributed by atoms with Crippen LogP contribution < -0.4 is 0 Å². The molecule has 28 heteroatoms. The van der Waals surface area contributed by atoms with Gasteiger partial charge in [0, 0.05) is 0 Å². The van der Waals surface area contributed by atoms with E-state index in [9.17, 15) is 78.0 Å². The molecule has 4 fully saturated rings. The van der Waals surface area contributed by atoms with E-state index in [1.54, 1.807) is 0 Å². The SMILES string of the molecule is CCC(C(=O)OCC(O)COC(=O)C1CCCC(C(=O)OCC(COC(=O)C2CCCCC2C(=O)OCC(O)COC(=O)C(CC)(C(C)C)C(C)C)(COC(=O)C2CCCCC2C(=O)OCC(O)COC(=O)C(CC)(C(C)C)C(C)C)COC(=O)C2CCCCC2C(=O)OCC(O)COC(=O)C(CC)(C(C)C)C(C)C)C1)(C(C)C)C(C)C. The maximum atomic E-state index is 14.9. The van der Waals surface area contributed by atoms with Crippen molar-refractivity contribution >= 4 is 71.6 Å². The van der Waals surface area contributed by atoms with E-state index in [0.29, 0.717) is 70.6 Å². The second kappa shape index (κ2) is 48.2. The lowest BCUT2D eigenvalue weighted by molar-refractivity contribution is -0.184. The first-order valence-electron chi connectivity index (χ1n) is 43.8. The smallest absolute Gasteiger partial charge is 0.312 e. The number of carbonyl (C=O) groups excluding carboxylic acids is 12. The Morgan fingerprint density at radius 3 is 0.615 bits per heavy atom. The lowest BCUT2D eigenvalue weighted by Gasteiger charge is -2.38. The summed E-state index contributed by atoms with van der Waals surface area (Å²) in [6, 6.07) is 0. The normalized spacial score (nSPS) is 21.9. The highest BCUT2D eigenvalue weighted by atomic mass is 16.6. The number of hydrogen-bond donors (Lipinski definition) is 4. The van der Waals surface area contributed by atoms with Crippen molar-refractivity contribution in [2.45, 2.75) is 291 Å². The minimum absolute atomic E-state index is 0.0776. The number of hydrogen-bond acceptors (Lipinski definition) is 28. The van der Waals surface area contributed by atoms with E-state index in [-0.39, 0.29) is 105 Å². The van der Waals surface area contributed by atoms with Gasteiger partial charge in [-0.25, -0.2) is 0 Å². The molecule has 0 aromatic carbocycles. The first-order valence-corrected chi connectivity index (χ1v) is 43.8. The zero-order valence-corrected chi connectivity index (χ0v) is 74.3. The molecule has 12 atom stereocenters. The van der Waals surface area contributed by atoms with Crippen molar-refractivity contribution in [3.63, 3.8) is 0 Å². The van der Waals surface area contributed by atoms with Crippen molar-refractivity contribution in [2.75, 3.05) is 79.3 Å². The van der Waals surface area contributed by atoms with Gasteiger partial charge in [-0.1, -0.05) is 183 Å². The highest BCUT2D eigenvalue weighted by Crippen LogP contribution is 2.46. The van der Waals surface area contributed by atoms with Gasteiger partial charge in [-0.3, -0.25) is 57.5 Å². The van der Waals surface area contributed by atoms with E-state index in [2.05, 4.69) is 0 Å². The van der Waals surface area contributed by atoms with Gasteiger partial charge in [0.2, 0.25) is 0 Å². The van der Waals surface area contributed by atoms with E-state index in [4.69, 9.17) is 56.8 Å².